The molecule has 2 amide bonds. The Morgan fingerprint density at radius 1 is 1.35 bits per heavy atom. The fourth-order valence-electron chi connectivity index (χ4n) is 2.88. The number of nitrogens with one attached hydrogen (secondary N) is 2. The Balaban J connectivity index is 1.86. The first-order valence-corrected chi connectivity index (χ1v) is 8.90. The maximum Gasteiger partial charge on any atom is 0.408 e. The van der Waals surface area contributed by atoms with E-state index in [1.165, 1.54) is 0 Å². The topological polar surface area (TPSA) is 94.5 Å². The summed E-state index contributed by atoms with van der Waals surface area (Å²) in [6.45, 7) is 5.29. The largest absolute Gasteiger partial charge is 0.445 e. The second-order valence-electron chi connectivity index (χ2n) is 6.93. The molecule has 0 unspecified atom stereocenters. The van der Waals surface area contributed by atoms with E-state index in [1.807, 2.05) is 44.2 Å². The second kappa shape index (κ2) is 9.66. The molecule has 0 aliphatic carbocycles. The molecule has 2 rings (SSSR count). The molecule has 1 fully saturated rings. The molecule has 2 N–H and O–H groups in total. The number of likely N-dealkylation sites (tertiary alicyclic amines) is 1. The number of rotatable bonds is 7. The summed E-state index contributed by atoms with van der Waals surface area (Å²) < 4.78 is 5.21. The minimum absolute atomic E-state index is 0.0704. The summed E-state index contributed by atoms with van der Waals surface area (Å²) in [6.07, 6.45) is 2.72. The van der Waals surface area contributed by atoms with E-state index in [0.717, 1.165) is 12.0 Å². The summed E-state index contributed by atoms with van der Waals surface area (Å²) >= 11 is 0. The number of amides is 2. The van der Waals surface area contributed by atoms with Crippen LogP contribution in [0.4, 0.5) is 4.79 Å². The van der Waals surface area contributed by atoms with Crippen molar-refractivity contribution in [2.24, 2.45) is 5.92 Å². The normalized spacial score (nSPS) is 17.5. The van der Waals surface area contributed by atoms with Crippen LogP contribution in [0.2, 0.25) is 0 Å². The van der Waals surface area contributed by atoms with Crippen LogP contribution in [0.3, 0.4) is 0 Å². The zero-order chi connectivity index (χ0) is 18.9. The van der Waals surface area contributed by atoms with Gasteiger partial charge in [-0.3, -0.25) is 4.79 Å². The van der Waals surface area contributed by atoms with Gasteiger partial charge in [0.15, 0.2) is 6.19 Å². The van der Waals surface area contributed by atoms with E-state index in [-0.39, 0.29) is 24.5 Å². The number of carbonyl (C=O) groups excluding carboxylic acids is 2. The number of nitriles is 1. The molecule has 7 heteroatoms. The molecular formula is C19H26N4O3. The van der Waals surface area contributed by atoms with Gasteiger partial charge >= 0.3 is 6.09 Å². The lowest BCUT2D eigenvalue weighted by molar-refractivity contribution is -0.124. The summed E-state index contributed by atoms with van der Waals surface area (Å²) in [7, 11) is 0. The van der Waals surface area contributed by atoms with Crippen LogP contribution < -0.4 is 10.6 Å². The van der Waals surface area contributed by atoms with Crippen LogP contribution in [-0.4, -0.2) is 42.1 Å². The number of alkyl carbamates (subject to hydrolysis) is 1. The fraction of sp³-hybridized carbons (Fsp3) is 0.526. The minimum atomic E-state index is -0.658. The van der Waals surface area contributed by atoms with Crippen LogP contribution >= 0.6 is 0 Å². The van der Waals surface area contributed by atoms with E-state index in [2.05, 4.69) is 16.8 Å². The Hall–Kier alpha value is -2.75. The fourth-order valence-corrected chi connectivity index (χ4v) is 2.88. The van der Waals surface area contributed by atoms with Crippen molar-refractivity contribution in [1.82, 2.24) is 15.5 Å². The van der Waals surface area contributed by atoms with Crippen molar-refractivity contribution in [3.05, 3.63) is 35.9 Å². The number of hydrogen-bond donors (Lipinski definition) is 2. The highest BCUT2D eigenvalue weighted by Crippen LogP contribution is 2.10. The van der Waals surface area contributed by atoms with Gasteiger partial charge in [0.25, 0.3) is 0 Å². The van der Waals surface area contributed by atoms with Crippen molar-refractivity contribution in [3.63, 3.8) is 0 Å². The van der Waals surface area contributed by atoms with Crippen molar-refractivity contribution < 1.29 is 14.3 Å². The number of nitrogens with zero attached hydrogens (tertiary/aromatic N) is 2. The third-order valence-electron chi connectivity index (χ3n) is 4.20. The Labute approximate surface area is 154 Å². The van der Waals surface area contributed by atoms with Gasteiger partial charge < -0.3 is 20.3 Å². The van der Waals surface area contributed by atoms with Crippen molar-refractivity contribution in [1.29, 1.82) is 5.26 Å². The predicted molar refractivity (Wildman–Crippen MR) is 96.7 cm³/mol. The Bertz CT molecular complexity index is 642. The molecule has 0 radical (unpaired) electrons. The minimum Gasteiger partial charge on any atom is -0.445 e. The van der Waals surface area contributed by atoms with E-state index < -0.39 is 12.1 Å². The van der Waals surface area contributed by atoms with Crippen LogP contribution in [0.1, 0.15) is 32.3 Å². The monoisotopic (exact) mass is 358 g/mol. The number of carbonyl (C=O) groups is 2. The molecule has 0 spiro atoms. The number of ether oxygens (including phenoxy) is 1. The van der Waals surface area contributed by atoms with Crippen LogP contribution in [-0.2, 0) is 16.1 Å². The highest BCUT2D eigenvalue weighted by Gasteiger charge is 2.28. The molecule has 1 aromatic carbocycles. The number of hydrogen-bond acceptors (Lipinski definition) is 5. The first-order valence-electron chi connectivity index (χ1n) is 8.90. The van der Waals surface area contributed by atoms with Crippen molar-refractivity contribution >= 4 is 12.0 Å². The third-order valence-corrected chi connectivity index (χ3v) is 4.20. The predicted octanol–water partition coefficient (Wildman–Crippen LogP) is 2.00. The molecule has 1 aromatic rings. The average molecular weight is 358 g/mol. The van der Waals surface area contributed by atoms with Gasteiger partial charge in [0.2, 0.25) is 5.91 Å². The molecule has 26 heavy (non-hydrogen) atoms. The van der Waals surface area contributed by atoms with Gasteiger partial charge in [-0.1, -0.05) is 44.2 Å². The van der Waals surface area contributed by atoms with Gasteiger partial charge in [-0.15, -0.1) is 0 Å². The lowest BCUT2D eigenvalue weighted by Gasteiger charge is -2.22. The SMILES string of the molecule is CC(C)C[C@H](NC(=O)OCc1ccccc1)C(=O)N[C@H]1CCN(C#N)C1. The molecular weight excluding hydrogens is 332 g/mol. The van der Waals surface area contributed by atoms with E-state index in [0.29, 0.717) is 19.5 Å². The third kappa shape index (κ3) is 6.28. The standard InChI is InChI=1S/C19H26N4O3/c1-14(2)10-17(18(24)21-16-8-9-23(11-16)13-20)22-19(25)26-12-15-6-4-3-5-7-15/h3-7,14,16-17H,8-12H2,1-2H3,(H,21,24)(H,22,25)/t16-,17-/m0/s1. The molecule has 140 valence electrons. The highest BCUT2D eigenvalue weighted by atomic mass is 16.5. The molecule has 2 atom stereocenters. The van der Waals surface area contributed by atoms with Crippen molar-refractivity contribution in [2.75, 3.05) is 13.1 Å². The first-order chi connectivity index (χ1) is 12.5. The summed E-state index contributed by atoms with van der Waals surface area (Å²) in [5.41, 5.74) is 0.884. The summed E-state index contributed by atoms with van der Waals surface area (Å²) in [6, 6.07) is 8.64. The maximum atomic E-state index is 12.6. The van der Waals surface area contributed by atoms with Crippen molar-refractivity contribution in [2.45, 2.75) is 45.4 Å². The van der Waals surface area contributed by atoms with E-state index in [9.17, 15) is 9.59 Å². The lowest BCUT2D eigenvalue weighted by atomic mass is 10.0. The summed E-state index contributed by atoms with van der Waals surface area (Å²) in [5, 5.41) is 14.5. The van der Waals surface area contributed by atoms with Gasteiger partial charge in [0.1, 0.15) is 12.6 Å². The van der Waals surface area contributed by atoms with Gasteiger partial charge in [-0.25, -0.2) is 4.79 Å². The van der Waals surface area contributed by atoms with Crippen molar-refractivity contribution in [3.8, 4) is 6.19 Å². The Morgan fingerprint density at radius 3 is 2.69 bits per heavy atom. The first kappa shape index (κ1) is 19.6. The Kier molecular flexibility index (Phi) is 7.27. The second-order valence-corrected chi connectivity index (χ2v) is 6.93. The molecule has 1 heterocycles. The van der Waals surface area contributed by atoms with Gasteiger partial charge in [-0.2, -0.15) is 5.26 Å². The Morgan fingerprint density at radius 2 is 2.08 bits per heavy atom. The molecule has 7 nitrogen and oxygen atoms in total. The quantitative estimate of drug-likeness (QED) is 0.727. The van der Waals surface area contributed by atoms with Crippen LogP contribution in [0, 0.1) is 17.4 Å². The smallest absolute Gasteiger partial charge is 0.408 e. The van der Waals surface area contributed by atoms with Gasteiger partial charge in [0.05, 0.1) is 0 Å². The molecule has 1 saturated heterocycles. The zero-order valence-corrected chi connectivity index (χ0v) is 15.3. The highest BCUT2D eigenvalue weighted by molar-refractivity contribution is 5.85. The molecule has 1 aliphatic heterocycles. The summed E-state index contributed by atoms with van der Waals surface area (Å²) in [5.74, 6) is -0.000454. The van der Waals surface area contributed by atoms with Gasteiger partial charge in [-0.05, 0) is 24.3 Å². The van der Waals surface area contributed by atoms with Crippen LogP contribution in [0.5, 0.6) is 0 Å². The average Bonchev–Trinajstić information content (AvgIpc) is 3.07. The van der Waals surface area contributed by atoms with Gasteiger partial charge in [0, 0.05) is 19.1 Å². The van der Waals surface area contributed by atoms with E-state index in [1.54, 1.807) is 4.90 Å². The summed E-state index contributed by atoms with van der Waals surface area (Å²) in [4.78, 5) is 26.3. The molecule has 0 saturated carbocycles. The van der Waals surface area contributed by atoms with E-state index >= 15 is 0 Å². The lowest BCUT2D eigenvalue weighted by Crippen LogP contribution is -2.50. The maximum absolute atomic E-state index is 12.6. The molecule has 0 aromatic heterocycles. The number of benzene rings is 1. The van der Waals surface area contributed by atoms with Crippen LogP contribution in [0.25, 0.3) is 0 Å². The molecule has 0 bridgehead atoms. The molecule has 1 aliphatic rings. The zero-order valence-electron chi connectivity index (χ0n) is 15.3. The van der Waals surface area contributed by atoms with E-state index in [4.69, 9.17) is 10.00 Å². The van der Waals surface area contributed by atoms with Crippen LogP contribution in [0.15, 0.2) is 30.3 Å².